The van der Waals surface area contributed by atoms with Gasteiger partial charge in [-0.3, -0.25) is 0 Å². The number of aromatic nitrogens is 5. The van der Waals surface area contributed by atoms with Gasteiger partial charge < -0.3 is 24.4 Å². The third kappa shape index (κ3) is 4.81. The van der Waals surface area contributed by atoms with Crippen LogP contribution in [-0.4, -0.2) is 53.1 Å². The lowest BCUT2D eigenvalue weighted by Gasteiger charge is -2.16. The number of para-hydroxylation sites is 1. The fraction of sp³-hybridized carbons (Fsp3) is 0.185. The summed E-state index contributed by atoms with van der Waals surface area (Å²) in [5.41, 5.74) is 2.75. The van der Waals surface area contributed by atoms with Crippen molar-refractivity contribution in [2.45, 2.75) is 6.54 Å². The number of methoxy groups -OCH3 is 3. The summed E-state index contributed by atoms with van der Waals surface area (Å²) in [6.07, 6.45) is 1.45. The summed E-state index contributed by atoms with van der Waals surface area (Å²) >= 11 is 0. The quantitative estimate of drug-likeness (QED) is 0.313. The summed E-state index contributed by atoms with van der Waals surface area (Å²) in [7, 11) is 6.72. The van der Waals surface area contributed by atoms with Gasteiger partial charge in [-0.15, -0.1) is 5.10 Å². The van der Waals surface area contributed by atoms with E-state index >= 15 is 0 Å². The highest BCUT2D eigenvalue weighted by atomic mass is 16.5. The van der Waals surface area contributed by atoms with Gasteiger partial charge >= 0.3 is 0 Å². The Kier molecular flexibility index (Phi) is 6.71. The Balaban J connectivity index is 1.49. The summed E-state index contributed by atoms with van der Waals surface area (Å²) in [6, 6.07) is 21.9. The van der Waals surface area contributed by atoms with Crippen LogP contribution in [0.1, 0.15) is 5.56 Å². The van der Waals surface area contributed by atoms with E-state index in [9.17, 15) is 0 Å². The second-order valence-electron chi connectivity index (χ2n) is 8.24. The predicted molar refractivity (Wildman–Crippen MR) is 142 cm³/mol. The SMILES string of the molecule is COc1cc(Nc2ncnc(-n3nc(N(C)Cc4ccccc4)c4ccccc43)n2)cc(OC)c1OC. The van der Waals surface area contributed by atoms with Crippen LogP contribution in [0.5, 0.6) is 17.2 Å². The number of ether oxygens (including phenoxy) is 3. The zero-order valence-corrected chi connectivity index (χ0v) is 21.0. The highest BCUT2D eigenvalue weighted by molar-refractivity contribution is 5.91. The summed E-state index contributed by atoms with van der Waals surface area (Å²) in [5, 5.41) is 9.08. The van der Waals surface area contributed by atoms with Gasteiger partial charge in [0.1, 0.15) is 6.33 Å². The van der Waals surface area contributed by atoms with Crippen molar-refractivity contribution in [3.8, 4) is 23.2 Å². The Morgan fingerprint density at radius 2 is 1.57 bits per heavy atom. The van der Waals surface area contributed by atoms with Crippen molar-refractivity contribution >= 4 is 28.4 Å². The zero-order chi connectivity index (χ0) is 25.8. The van der Waals surface area contributed by atoms with Gasteiger partial charge in [-0.05, 0) is 17.7 Å². The average Bonchev–Trinajstić information content (AvgIpc) is 3.33. The fourth-order valence-corrected chi connectivity index (χ4v) is 4.15. The first-order valence-corrected chi connectivity index (χ1v) is 11.6. The molecule has 188 valence electrons. The Morgan fingerprint density at radius 1 is 0.865 bits per heavy atom. The minimum Gasteiger partial charge on any atom is -0.493 e. The molecule has 3 aromatic carbocycles. The second-order valence-corrected chi connectivity index (χ2v) is 8.24. The molecular formula is C27H27N7O3. The predicted octanol–water partition coefficient (Wildman–Crippen LogP) is 4.62. The third-order valence-electron chi connectivity index (χ3n) is 5.86. The van der Waals surface area contributed by atoms with Gasteiger partial charge in [0.05, 0.1) is 26.8 Å². The summed E-state index contributed by atoms with van der Waals surface area (Å²) in [4.78, 5) is 15.4. The number of hydrogen-bond acceptors (Lipinski definition) is 9. The first kappa shape index (κ1) is 23.9. The van der Waals surface area contributed by atoms with Crippen molar-refractivity contribution in [1.82, 2.24) is 24.7 Å². The molecule has 1 N–H and O–H groups in total. The van der Waals surface area contributed by atoms with Crippen LogP contribution in [0.25, 0.3) is 16.9 Å². The van der Waals surface area contributed by atoms with E-state index in [0.29, 0.717) is 41.4 Å². The lowest BCUT2D eigenvalue weighted by molar-refractivity contribution is 0.324. The standard InChI is InChI=1S/C27H27N7O3/c1-33(16-18-10-6-5-7-11-18)25-20-12-8-9-13-21(20)34(32-25)27-29-17-28-26(31-27)30-19-14-22(35-2)24(37-4)23(15-19)36-3/h5-15,17H,16H2,1-4H3,(H,28,29,30,31). The number of nitrogens with one attached hydrogen (secondary N) is 1. The van der Waals surface area contributed by atoms with Gasteiger partial charge in [0, 0.05) is 36.8 Å². The van der Waals surface area contributed by atoms with Crippen molar-refractivity contribution in [1.29, 1.82) is 0 Å². The molecule has 5 aromatic rings. The Bertz CT molecular complexity index is 1500. The molecule has 0 fully saturated rings. The lowest BCUT2D eigenvalue weighted by Crippen LogP contribution is -2.17. The second kappa shape index (κ2) is 10.4. The number of fused-ring (bicyclic) bond motifs is 1. The molecule has 0 aliphatic heterocycles. The van der Waals surface area contributed by atoms with Crippen LogP contribution in [0.3, 0.4) is 0 Å². The van der Waals surface area contributed by atoms with Gasteiger partial charge in [0.15, 0.2) is 17.3 Å². The highest BCUT2D eigenvalue weighted by Gasteiger charge is 2.18. The van der Waals surface area contributed by atoms with E-state index in [0.717, 1.165) is 16.7 Å². The average molecular weight is 498 g/mol. The number of anilines is 3. The molecule has 0 unspecified atom stereocenters. The van der Waals surface area contributed by atoms with Gasteiger partial charge in [-0.1, -0.05) is 42.5 Å². The van der Waals surface area contributed by atoms with Gasteiger partial charge in [0.25, 0.3) is 5.95 Å². The van der Waals surface area contributed by atoms with Crippen LogP contribution < -0.4 is 24.4 Å². The Morgan fingerprint density at radius 3 is 2.27 bits per heavy atom. The topological polar surface area (TPSA) is 99.5 Å². The van der Waals surface area contributed by atoms with Crippen LogP contribution in [-0.2, 0) is 6.54 Å². The molecule has 2 aromatic heterocycles. The lowest BCUT2D eigenvalue weighted by atomic mass is 10.2. The maximum atomic E-state index is 5.45. The van der Waals surface area contributed by atoms with E-state index < -0.39 is 0 Å². The van der Waals surface area contributed by atoms with Crippen LogP contribution in [0.2, 0.25) is 0 Å². The molecule has 0 spiro atoms. The summed E-state index contributed by atoms with van der Waals surface area (Å²) < 4.78 is 18.0. The van der Waals surface area contributed by atoms with Crippen LogP contribution >= 0.6 is 0 Å². The molecule has 10 heteroatoms. The third-order valence-corrected chi connectivity index (χ3v) is 5.86. The van der Waals surface area contributed by atoms with Crippen molar-refractivity contribution in [2.24, 2.45) is 0 Å². The monoisotopic (exact) mass is 497 g/mol. The largest absolute Gasteiger partial charge is 0.493 e. The zero-order valence-electron chi connectivity index (χ0n) is 21.0. The molecule has 5 rings (SSSR count). The van der Waals surface area contributed by atoms with E-state index in [-0.39, 0.29) is 0 Å². The first-order valence-electron chi connectivity index (χ1n) is 11.6. The molecule has 0 aliphatic carbocycles. The maximum Gasteiger partial charge on any atom is 0.255 e. The Hall–Kier alpha value is -4.86. The molecular weight excluding hydrogens is 470 g/mol. The van der Waals surface area contributed by atoms with E-state index in [1.165, 1.54) is 11.9 Å². The van der Waals surface area contributed by atoms with E-state index in [2.05, 4.69) is 37.3 Å². The van der Waals surface area contributed by atoms with Crippen molar-refractivity contribution in [3.63, 3.8) is 0 Å². The van der Waals surface area contributed by atoms with Gasteiger partial charge in [-0.2, -0.15) is 14.6 Å². The van der Waals surface area contributed by atoms with Gasteiger partial charge in [0.2, 0.25) is 11.7 Å². The number of rotatable bonds is 9. The number of benzene rings is 3. The molecule has 0 atom stereocenters. The molecule has 10 nitrogen and oxygen atoms in total. The first-order chi connectivity index (χ1) is 18.1. The maximum absolute atomic E-state index is 5.45. The smallest absolute Gasteiger partial charge is 0.255 e. The van der Waals surface area contributed by atoms with Crippen molar-refractivity contribution in [2.75, 3.05) is 38.6 Å². The van der Waals surface area contributed by atoms with Crippen molar-refractivity contribution < 1.29 is 14.2 Å². The Labute approximate surface area is 214 Å². The minimum atomic E-state index is 0.345. The van der Waals surface area contributed by atoms with Gasteiger partial charge in [-0.25, -0.2) is 4.98 Å². The summed E-state index contributed by atoms with van der Waals surface area (Å²) in [6.45, 7) is 0.715. The van der Waals surface area contributed by atoms with E-state index in [1.807, 2.05) is 49.5 Å². The number of hydrogen-bond donors (Lipinski definition) is 1. The van der Waals surface area contributed by atoms with E-state index in [1.54, 1.807) is 38.1 Å². The van der Waals surface area contributed by atoms with Crippen LogP contribution in [0.15, 0.2) is 73.1 Å². The minimum absolute atomic E-state index is 0.345. The molecule has 0 saturated heterocycles. The molecule has 0 saturated carbocycles. The summed E-state index contributed by atoms with van der Waals surface area (Å²) in [5.74, 6) is 3.10. The molecule has 0 amide bonds. The van der Waals surface area contributed by atoms with Crippen molar-refractivity contribution in [3.05, 3.63) is 78.6 Å². The normalized spacial score (nSPS) is 10.8. The molecule has 0 bridgehead atoms. The molecule has 0 radical (unpaired) electrons. The molecule has 2 heterocycles. The van der Waals surface area contributed by atoms with Crippen LogP contribution in [0.4, 0.5) is 17.5 Å². The molecule has 37 heavy (non-hydrogen) atoms. The highest BCUT2D eigenvalue weighted by Crippen LogP contribution is 2.40. The molecule has 0 aliphatic rings. The van der Waals surface area contributed by atoms with E-state index in [4.69, 9.17) is 19.3 Å². The number of nitrogens with zero attached hydrogens (tertiary/aromatic N) is 6. The fourth-order valence-electron chi connectivity index (χ4n) is 4.15. The van der Waals surface area contributed by atoms with Crippen LogP contribution in [0, 0.1) is 0 Å².